The van der Waals surface area contributed by atoms with Gasteiger partial charge in [-0.05, 0) is 55.7 Å². The van der Waals surface area contributed by atoms with Crippen molar-refractivity contribution < 1.29 is 22.7 Å². The number of hydrogen-bond donors (Lipinski definition) is 1. The monoisotopic (exact) mass is 453 g/mol. The molecule has 2 rings (SSSR count). The van der Waals surface area contributed by atoms with Gasteiger partial charge in [0.25, 0.3) is 0 Å². The van der Waals surface area contributed by atoms with E-state index in [4.69, 9.17) is 21.1 Å². The first kappa shape index (κ1) is 24.0. The lowest BCUT2D eigenvalue weighted by Gasteiger charge is -2.12. The molecule has 0 aliphatic heterocycles. The zero-order chi connectivity index (χ0) is 22.0. The van der Waals surface area contributed by atoms with Crippen LogP contribution in [0.25, 0.3) is 0 Å². The fourth-order valence-corrected chi connectivity index (χ4v) is 4.43. The molecule has 0 unspecified atom stereocenters. The summed E-state index contributed by atoms with van der Waals surface area (Å²) in [6, 6.07) is 12.4. The third-order valence-corrected chi connectivity index (χ3v) is 6.09. The van der Waals surface area contributed by atoms with Gasteiger partial charge in [-0.3, -0.25) is 4.79 Å². The van der Waals surface area contributed by atoms with Crippen molar-refractivity contribution in [1.82, 2.24) is 5.32 Å². The van der Waals surface area contributed by atoms with E-state index in [2.05, 4.69) is 5.32 Å². The molecule has 1 N–H and O–H groups in total. The number of carbonyl (C=O) groups excluding carboxylic acids is 1. The van der Waals surface area contributed by atoms with Crippen LogP contribution < -0.4 is 14.8 Å². The second kappa shape index (κ2) is 11.8. The first-order valence-corrected chi connectivity index (χ1v) is 12.1. The minimum absolute atomic E-state index is 0.0730. The van der Waals surface area contributed by atoms with Gasteiger partial charge in [0, 0.05) is 18.0 Å². The van der Waals surface area contributed by atoms with Crippen molar-refractivity contribution in [3.8, 4) is 11.5 Å². The Morgan fingerprint density at radius 2 is 1.73 bits per heavy atom. The number of benzene rings is 2. The number of rotatable bonds is 12. The fraction of sp³-hybridized carbons (Fsp3) is 0.409. The second-order valence-electron chi connectivity index (χ2n) is 6.72. The van der Waals surface area contributed by atoms with E-state index in [0.717, 1.165) is 5.56 Å². The molecular formula is C22H28ClNO5S. The maximum Gasteiger partial charge on any atom is 0.221 e. The molecule has 0 saturated heterocycles. The van der Waals surface area contributed by atoms with Crippen LogP contribution >= 0.6 is 11.6 Å². The highest BCUT2D eigenvalue weighted by Crippen LogP contribution is 2.28. The van der Waals surface area contributed by atoms with E-state index in [1.165, 1.54) is 0 Å². The summed E-state index contributed by atoms with van der Waals surface area (Å²) < 4.78 is 35.6. The van der Waals surface area contributed by atoms with E-state index in [9.17, 15) is 13.2 Å². The molecule has 1 amide bonds. The zero-order valence-electron chi connectivity index (χ0n) is 17.3. The highest BCUT2D eigenvalue weighted by atomic mass is 35.5. The SMILES string of the molecule is CCOc1ccc(CCNC(=O)CCS(=O)(=O)Cc2cccc(Cl)c2)cc1OCC. The molecule has 0 saturated carbocycles. The van der Waals surface area contributed by atoms with Crippen molar-refractivity contribution in [2.75, 3.05) is 25.5 Å². The highest BCUT2D eigenvalue weighted by Gasteiger charge is 2.15. The highest BCUT2D eigenvalue weighted by molar-refractivity contribution is 7.90. The van der Waals surface area contributed by atoms with Crippen LogP contribution in [0.4, 0.5) is 0 Å². The van der Waals surface area contributed by atoms with Gasteiger partial charge in [0.2, 0.25) is 5.91 Å². The van der Waals surface area contributed by atoms with Gasteiger partial charge in [-0.2, -0.15) is 0 Å². The van der Waals surface area contributed by atoms with Crippen LogP contribution in [-0.2, 0) is 26.8 Å². The summed E-state index contributed by atoms with van der Waals surface area (Å²) in [7, 11) is -3.40. The van der Waals surface area contributed by atoms with E-state index in [1.807, 2.05) is 32.0 Å². The number of carbonyl (C=O) groups is 1. The summed E-state index contributed by atoms with van der Waals surface area (Å²) >= 11 is 5.89. The lowest BCUT2D eigenvalue weighted by Crippen LogP contribution is -2.27. The van der Waals surface area contributed by atoms with Crippen molar-refractivity contribution in [2.24, 2.45) is 0 Å². The smallest absolute Gasteiger partial charge is 0.221 e. The molecule has 2 aromatic rings. The van der Waals surface area contributed by atoms with Crippen molar-refractivity contribution in [1.29, 1.82) is 0 Å². The topological polar surface area (TPSA) is 81.7 Å². The van der Waals surface area contributed by atoms with Crippen molar-refractivity contribution in [2.45, 2.75) is 32.4 Å². The van der Waals surface area contributed by atoms with Crippen LogP contribution in [0.2, 0.25) is 5.02 Å². The zero-order valence-corrected chi connectivity index (χ0v) is 18.9. The van der Waals surface area contributed by atoms with Gasteiger partial charge in [-0.25, -0.2) is 8.42 Å². The predicted molar refractivity (Wildman–Crippen MR) is 119 cm³/mol. The normalized spacial score (nSPS) is 11.2. The third kappa shape index (κ3) is 8.24. The predicted octanol–water partition coefficient (Wildman–Crippen LogP) is 3.80. The minimum Gasteiger partial charge on any atom is -0.490 e. The molecule has 8 heteroatoms. The van der Waals surface area contributed by atoms with Crippen molar-refractivity contribution >= 4 is 27.3 Å². The average Bonchev–Trinajstić information content (AvgIpc) is 2.68. The molecule has 30 heavy (non-hydrogen) atoms. The van der Waals surface area contributed by atoms with Crippen molar-refractivity contribution in [3.05, 3.63) is 58.6 Å². The third-order valence-electron chi connectivity index (χ3n) is 4.26. The molecule has 2 aromatic carbocycles. The number of nitrogens with one attached hydrogen (secondary N) is 1. The Labute approximate surface area is 183 Å². The quantitative estimate of drug-likeness (QED) is 0.528. The van der Waals surface area contributed by atoms with Gasteiger partial charge >= 0.3 is 0 Å². The Hall–Kier alpha value is -2.25. The Kier molecular flexibility index (Phi) is 9.46. The summed E-state index contributed by atoms with van der Waals surface area (Å²) in [4.78, 5) is 12.1. The Bertz CT molecular complexity index is 946. The number of ether oxygens (including phenoxy) is 2. The lowest BCUT2D eigenvalue weighted by atomic mass is 10.1. The van der Waals surface area contributed by atoms with E-state index >= 15 is 0 Å². The number of sulfone groups is 1. The summed E-state index contributed by atoms with van der Waals surface area (Å²) in [5, 5.41) is 3.26. The molecule has 0 aromatic heterocycles. The van der Waals surface area contributed by atoms with E-state index in [1.54, 1.807) is 24.3 Å². The lowest BCUT2D eigenvalue weighted by molar-refractivity contribution is -0.120. The Morgan fingerprint density at radius 3 is 2.43 bits per heavy atom. The molecule has 0 heterocycles. The first-order valence-electron chi connectivity index (χ1n) is 9.93. The fourth-order valence-electron chi connectivity index (χ4n) is 2.89. The molecular weight excluding hydrogens is 426 g/mol. The standard InChI is InChI=1S/C22H28ClNO5S/c1-3-28-20-9-8-17(15-21(20)29-4-2)10-12-24-22(25)11-13-30(26,27)16-18-6-5-7-19(23)14-18/h5-9,14-15H,3-4,10-13,16H2,1-2H3,(H,24,25). The number of hydrogen-bond acceptors (Lipinski definition) is 5. The summed E-state index contributed by atoms with van der Waals surface area (Å²) in [6.07, 6.45) is 0.532. The molecule has 0 atom stereocenters. The van der Waals surface area contributed by atoms with Gasteiger partial charge in [-0.15, -0.1) is 0 Å². The maximum atomic E-state index is 12.2. The maximum absolute atomic E-state index is 12.2. The molecule has 0 fully saturated rings. The Morgan fingerprint density at radius 1 is 1.00 bits per heavy atom. The van der Waals surface area contributed by atoms with Crippen LogP contribution in [-0.4, -0.2) is 39.8 Å². The molecule has 6 nitrogen and oxygen atoms in total. The van der Waals surface area contributed by atoms with E-state index in [0.29, 0.717) is 48.3 Å². The molecule has 0 aliphatic carbocycles. The summed E-state index contributed by atoms with van der Waals surface area (Å²) in [6.45, 7) is 5.31. The number of halogens is 1. The van der Waals surface area contributed by atoms with E-state index < -0.39 is 9.84 Å². The van der Waals surface area contributed by atoms with Crippen LogP contribution in [0, 0.1) is 0 Å². The summed E-state index contributed by atoms with van der Waals surface area (Å²) in [5.74, 6) is 0.740. The second-order valence-corrected chi connectivity index (χ2v) is 9.34. The molecule has 0 bridgehead atoms. The summed E-state index contributed by atoms with van der Waals surface area (Å²) in [5.41, 5.74) is 1.61. The van der Waals surface area contributed by atoms with Gasteiger partial charge in [0.15, 0.2) is 21.3 Å². The molecule has 0 spiro atoms. The molecule has 164 valence electrons. The van der Waals surface area contributed by atoms with Gasteiger partial charge in [0.05, 0.1) is 24.7 Å². The molecule has 0 aliphatic rings. The van der Waals surface area contributed by atoms with Gasteiger partial charge in [-0.1, -0.05) is 29.8 Å². The minimum atomic E-state index is -3.40. The average molecular weight is 454 g/mol. The van der Waals surface area contributed by atoms with Crippen LogP contribution in [0.15, 0.2) is 42.5 Å². The van der Waals surface area contributed by atoms with Crippen LogP contribution in [0.3, 0.4) is 0 Å². The molecule has 0 radical (unpaired) electrons. The van der Waals surface area contributed by atoms with Crippen LogP contribution in [0.1, 0.15) is 31.4 Å². The number of amides is 1. The van der Waals surface area contributed by atoms with Crippen molar-refractivity contribution in [3.63, 3.8) is 0 Å². The Balaban J connectivity index is 1.80. The van der Waals surface area contributed by atoms with Gasteiger partial charge in [0.1, 0.15) is 0 Å². The van der Waals surface area contributed by atoms with E-state index in [-0.39, 0.29) is 23.8 Å². The van der Waals surface area contributed by atoms with Gasteiger partial charge < -0.3 is 14.8 Å². The largest absolute Gasteiger partial charge is 0.490 e. The van der Waals surface area contributed by atoms with Crippen LogP contribution in [0.5, 0.6) is 11.5 Å². The first-order chi connectivity index (χ1) is 14.3.